The summed E-state index contributed by atoms with van der Waals surface area (Å²) >= 11 is 0. The summed E-state index contributed by atoms with van der Waals surface area (Å²) in [6.45, 7) is 1.03. The van der Waals surface area contributed by atoms with Crippen LogP contribution in [-0.4, -0.2) is 52.0 Å². The van der Waals surface area contributed by atoms with Crippen molar-refractivity contribution in [2.24, 2.45) is 0 Å². The van der Waals surface area contributed by atoms with Gasteiger partial charge in [0, 0.05) is 37.3 Å². The molecule has 2 amide bonds. The lowest BCUT2D eigenvalue weighted by Gasteiger charge is -2.33. The molecule has 35 heavy (non-hydrogen) atoms. The number of aromatic nitrogens is 2. The van der Waals surface area contributed by atoms with E-state index in [4.69, 9.17) is 4.74 Å². The molecule has 1 aliphatic heterocycles. The van der Waals surface area contributed by atoms with Crippen molar-refractivity contribution in [3.63, 3.8) is 0 Å². The first-order valence-corrected chi connectivity index (χ1v) is 12.6. The summed E-state index contributed by atoms with van der Waals surface area (Å²) in [7, 11) is 0. The van der Waals surface area contributed by atoms with Crippen molar-refractivity contribution in [2.45, 2.75) is 56.7 Å². The van der Waals surface area contributed by atoms with Crippen LogP contribution in [0.5, 0.6) is 0 Å². The van der Waals surface area contributed by atoms with Crippen LogP contribution in [-0.2, 0) is 9.53 Å². The Hall–Kier alpha value is -3.45. The number of nitrogens with one attached hydrogen (secondary N) is 2. The summed E-state index contributed by atoms with van der Waals surface area (Å²) in [6, 6.07) is 16.6. The number of amides is 2. The number of carbonyl (C=O) groups excluding carboxylic acids is 2. The minimum atomic E-state index is -0.765. The van der Waals surface area contributed by atoms with Crippen molar-refractivity contribution >= 4 is 11.8 Å². The maximum Gasteiger partial charge on any atom is 0.271 e. The molecule has 1 aromatic carbocycles. The van der Waals surface area contributed by atoms with Gasteiger partial charge in [0.2, 0.25) is 5.91 Å². The molecule has 0 unspecified atom stereocenters. The highest BCUT2D eigenvalue weighted by Gasteiger charge is 2.36. The van der Waals surface area contributed by atoms with E-state index in [-0.39, 0.29) is 24.0 Å². The number of pyridine rings is 1. The standard InChI is InChI=1S/C28H32N4O3/c33-27(30-22-9-4-5-10-22)26(21-14-16-29-17-15-21)32(19-23-11-6-18-35-23)28(34)25-13-12-24(31-25)20-7-2-1-3-8-20/h1-3,7-8,12-17,22-23,26,31H,4-6,9-11,18-19H2,(H,30,33)/t23-,26-/m0/s1. The van der Waals surface area contributed by atoms with Crippen molar-refractivity contribution in [3.05, 3.63) is 78.2 Å². The second-order valence-corrected chi connectivity index (χ2v) is 9.42. The van der Waals surface area contributed by atoms with E-state index in [1.165, 1.54) is 0 Å². The molecule has 2 aliphatic rings. The molecule has 2 atom stereocenters. The molecule has 0 bridgehead atoms. The quantitative estimate of drug-likeness (QED) is 0.505. The van der Waals surface area contributed by atoms with Gasteiger partial charge in [-0.05, 0) is 61.1 Å². The lowest BCUT2D eigenvalue weighted by atomic mass is 10.0. The number of hydrogen-bond acceptors (Lipinski definition) is 4. The predicted octanol–water partition coefficient (Wildman–Crippen LogP) is 4.50. The minimum absolute atomic E-state index is 0.0916. The molecule has 7 heteroatoms. The van der Waals surface area contributed by atoms with Gasteiger partial charge in [-0.25, -0.2) is 0 Å². The van der Waals surface area contributed by atoms with Crippen molar-refractivity contribution in [1.82, 2.24) is 20.2 Å². The Bertz CT molecular complexity index is 1120. The number of rotatable bonds is 8. The van der Waals surface area contributed by atoms with Gasteiger partial charge < -0.3 is 19.9 Å². The van der Waals surface area contributed by atoms with Crippen LogP contribution in [0.15, 0.2) is 67.0 Å². The van der Waals surface area contributed by atoms with Crippen molar-refractivity contribution < 1.29 is 14.3 Å². The van der Waals surface area contributed by atoms with E-state index >= 15 is 0 Å². The number of ether oxygens (including phenoxy) is 1. The SMILES string of the molecule is O=C(NC1CCCC1)[C@H](c1ccncc1)N(C[C@@H]1CCCO1)C(=O)c1ccc(-c2ccccc2)[nH]1. The maximum absolute atomic E-state index is 14.0. The number of nitrogens with zero attached hydrogens (tertiary/aromatic N) is 2. The number of hydrogen-bond donors (Lipinski definition) is 2. The number of aromatic amines is 1. The second-order valence-electron chi connectivity index (χ2n) is 9.42. The second kappa shape index (κ2) is 10.9. The molecule has 1 saturated carbocycles. The molecule has 182 valence electrons. The first-order valence-electron chi connectivity index (χ1n) is 12.6. The largest absolute Gasteiger partial charge is 0.376 e. The van der Waals surface area contributed by atoms with E-state index in [1.807, 2.05) is 48.5 Å². The van der Waals surface area contributed by atoms with Gasteiger partial charge in [-0.2, -0.15) is 0 Å². The zero-order chi connectivity index (χ0) is 24.0. The fourth-order valence-electron chi connectivity index (χ4n) is 5.14. The zero-order valence-corrected chi connectivity index (χ0v) is 19.9. The average molecular weight is 473 g/mol. The Balaban J connectivity index is 1.48. The average Bonchev–Trinajstić information content (AvgIpc) is 3.68. The monoisotopic (exact) mass is 472 g/mol. The predicted molar refractivity (Wildman–Crippen MR) is 134 cm³/mol. The normalized spacial score (nSPS) is 18.9. The van der Waals surface area contributed by atoms with Gasteiger partial charge >= 0.3 is 0 Å². The van der Waals surface area contributed by atoms with Crippen LogP contribution in [0, 0.1) is 0 Å². The molecule has 7 nitrogen and oxygen atoms in total. The first kappa shape index (κ1) is 23.3. The molecule has 5 rings (SSSR count). The number of H-pyrrole nitrogens is 1. The first-order chi connectivity index (χ1) is 17.2. The molecule has 0 radical (unpaired) electrons. The van der Waals surface area contributed by atoms with Crippen LogP contribution in [0.1, 0.15) is 60.6 Å². The highest BCUT2D eigenvalue weighted by molar-refractivity contribution is 5.97. The topological polar surface area (TPSA) is 87.3 Å². The molecular weight excluding hydrogens is 440 g/mol. The van der Waals surface area contributed by atoms with Gasteiger partial charge in [0.05, 0.1) is 6.10 Å². The van der Waals surface area contributed by atoms with Gasteiger partial charge in [0.25, 0.3) is 5.91 Å². The molecule has 2 fully saturated rings. The van der Waals surface area contributed by atoms with Crippen LogP contribution in [0.2, 0.25) is 0 Å². The van der Waals surface area contributed by atoms with Gasteiger partial charge in [-0.15, -0.1) is 0 Å². The Labute approximate surface area is 205 Å². The summed E-state index contributed by atoms with van der Waals surface area (Å²) in [5.74, 6) is -0.365. The van der Waals surface area contributed by atoms with Crippen molar-refractivity contribution in [2.75, 3.05) is 13.2 Å². The van der Waals surface area contributed by atoms with Gasteiger partial charge in [-0.1, -0.05) is 43.2 Å². The summed E-state index contributed by atoms with van der Waals surface area (Å²) in [5.41, 5.74) is 3.06. The fraction of sp³-hybridized carbons (Fsp3) is 0.393. The third-order valence-electron chi connectivity index (χ3n) is 6.97. The van der Waals surface area contributed by atoms with Crippen LogP contribution in [0.25, 0.3) is 11.3 Å². The molecule has 3 heterocycles. The lowest BCUT2D eigenvalue weighted by Crippen LogP contribution is -2.48. The highest BCUT2D eigenvalue weighted by Crippen LogP contribution is 2.28. The zero-order valence-electron chi connectivity index (χ0n) is 19.9. The Kier molecular flexibility index (Phi) is 7.23. The van der Waals surface area contributed by atoms with Crippen LogP contribution < -0.4 is 5.32 Å². The smallest absolute Gasteiger partial charge is 0.271 e. The summed E-state index contributed by atoms with van der Waals surface area (Å²) in [5, 5.41) is 3.22. The number of benzene rings is 1. The van der Waals surface area contributed by atoms with E-state index < -0.39 is 6.04 Å². The van der Waals surface area contributed by atoms with Crippen LogP contribution in [0.3, 0.4) is 0 Å². The third-order valence-corrected chi connectivity index (χ3v) is 6.97. The van der Waals surface area contributed by atoms with Gasteiger partial charge in [0.15, 0.2) is 0 Å². The summed E-state index contributed by atoms with van der Waals surface area (Å²) in [6.07, 6.45) is 9.27. The van der Waals surface area contributed by atoms with Gasteiger partial charge in [-0.3, -0.25) is 14.6 Å². The molecule has 2 aromatic heterocycles. The van der Waals surface area contributed by atoms with E-state index in [0.29, 0.717) is 18.8 Å². The van der Waals surface area contributed by atoms with Gasteiger partial charge in [0.1, 0.15) is 11.7 Å². The highest BCUT2D eigenvalue weighted by atomic mass is 16.5. The summed E-state index contributed by atoms with van der Waals surface area (Å²) in [4.78, 5) is 36.8. The molecule has 1 aliphatic carbocycles. The maximum atomic E-state index is 14.0. The third kappa shape index (κ3) is 5.46. The van der Waals surface area contributed by atoms with Crippen molar-refractivity contribution in [1.29, 1.82) is 0 Å². The Morgan fingerprint density at radius 1 is 1.00 bits per heavy atom. The lowest BCUT2D eigenvalue weighted by molar-refractivity contribution is -0.127. The molecule has 0 spiro atoms. The van der Waals surface area contributed by atoms with Crippen molar-refractivity contribution in [3.8, 4) is 11.3 Å². The van der Waals surface area contributed by atoms with E-state index in [0.717, 1.165) is 55.3 Å². The Morgan fingerprint density at radius 3 is 2.49 bits per heavy atom. The van der Waals surface area contributed by atoms with Crippen LogP contribution >= 0.6 is 0 Å². The molecule has 3 aromatic rings. The van der Waals surface area contributed by atoms with E-state index in [2.05, 4.69) is 15.3 Å². The fourth-order valence-corrected chi connectivity index (χ4v) is 5.14. The molecule has 1 saturated heterocycles. The molecule has 2 N–H and O–H groups in total. The number of carbonyl (C=O) groups is 2. The molecular formula is C28H32N4O3. The van der Waals surface area contributed by atoms with E-state index in [1.54, 1.807) is 23.4 Å². The van der Waals surface area contributed by atoms with E-state index in [9.17, 15) is 9.59 Å². The Morgan fingerprint density at radius 2 is 1.77 bits per heavy atom. The summed E-state index contributed by atoms with van der Waals surface area (Å²) < 4.78 is 5.90. The van der Waals surface area contributed by atoms with Crippen LogP contribution in [0.4, 0.5) is 0 Å². The minimum Gasteiger partial charge on any atom is -0.376 e.